The van der Waals surface area contributed by atoms with Crippen LogP contribution in [0.4, 0.5) is 11.4 Å². The number of hydrogen-bond acceptors (Lipinski definition) is 7. The number of nitrogens with one attached hydrogen (secondary N) is 1. The van der Waals surface area contributed by atoms with Crippen LogP contribution in [0, 0.1) is 0 Å². The number of carbonyl (C=O) groups is 1. The molecule has 39 heavy (non-hydrogen) atoms. The van der Waals surface area contributed by atoms with Crippen LogP contribution in [0.5, 0.6) is 17.2 Å². The topological polar surface area (TPSA) is 122 Å². The molecule has 0 radical (unpaired) electrons. The summed E-state index contributed by atoms with van der Waals surface area (Å²) in [4.78, 5) is 13.3. The van der Waals surface area contributed by atoms with Crippen molar-refractivity contribution in [1.82, 2.24) is 4.31 Å². The van der Waals surface area contributed by atoms with Gasteiger partial charge in [-0.05, 0) is 74.4 Å². The lowest BCUT2D eigenvalue weighted by Crippen LogP contribution is -2.45. The van der Waals surface area contributed by atoms with Crippen LogP contribution >= 0.6 is 0 Å². The van der Waals surface area contributed by atoms with Crippen LogP contribution < -0.4 is 19.1 Å². The average molecular weight is 574 g/mol. The van der Waals surface area contributed by atoms with E-state index < -0.39 is 32.0 Å². The van der Waals surface area contributed by atoms with Crippen molar-refractivity contribution in [3.63, 3.8) is 0 Å². The zero-order valence-corrected chi connectivity index (χ0v) is 23.5. The summed E-state index contributed by atoms with van der Waals surface area (Å²) < 4.78 is 65.1. The Balaban J connectivity index is 1.57. The van der Waals surface area contributed by atoms with Gasteiger partial charge < -0.3 is 14.8 Å². The predicted octanol–water partition coefficient (Wildman–Crippen LogP) is 4.07. The van der Waals surface area contributed by atoms with Gasteiger partial charge >= 0.3 is 0 Å². The molecule has 1 aliphatic heterocycles. The van der Waals surface area contributed by atoms with Crippen LogP contribution in [0.25, 0.3) is 0 Å². The van der Waals surface area contributed by atoms with E-state index in [4.69, 9.17) is 9.47 Å². The van der Waals surface area contributed by atoms with E-state index >= 15 is 0 Å². The second-order valence-electron chi connectivity index (χ2n) is 9.11. The maximum absolute atomic E-state index is 13.3. The zero-order valence-electron chi connectivity index (χ0n) is 21.9. The SMILES string of the molecule is COc1ccc(S(=O)(=O)N2CCCC2)cc1NC(=O)[C@H](C)N(c1ccc(Oc2ccccc2)cc1)S(C)(=O)=O. The molecule has 1 N–H and O–H groups in total. The molecule has 0 unspecified atom stereocenters. The van der Waals surface area contributed by atoms with E-state index in [0.717, 1.165) is 23.4 Å². The maximum Gasteiger partial charge on any atom is 0.248 e. The zero-order chi connectivity index (χ0) is 28.2. The van der Waals surface area contributed by atoms with Crippen LogP contribution in [0.2, 0.25) is 0 Å². The van der Waals surface area contributed by atoms with Gasteiger partial charge in [0.05, 0.1) is 29.6 Å². The molecule has 1 saturated heterocycles. The molecule has 1 amide bonds. The highest BCUT2D eigenvalue weighted by atomic mass is 32.2. The Morgan fingerprint density at radius 3 is 2.13 bits per heavy atom. The van der Waals surface area contributed by atoms with Gasteiger partial charge in [0, 0.05) is 13.1 Å². The number of benzene rings is 3. The van der Waals surface area contributed by atoms with Gasteiger partial charge in [-0.25, -0.2) is 16.8 Å². The third kappa shape index (κ3) is 6.52. The van der Waals surface area contributed by atoms with E-state index in [1.165, 1.54) is 36.5 Å². The summed E-state index contributed by atoms with van der Waals surface area (Å²) in [5, 5.41) is 2.65. The summed E-state index contributed by atoms with van der Waals surface area (Å²) in [5.74, 6) is 0.695. The smallest absolute Gasteiger partial charge is 0.248 e. The van der Waals surface area contributed by atoms with E-state index in [2.05, 4.69) is 5.32 Å². The fourth-order valence-corrected chi connectivity index (χ4v) is 7.07. The summed E-state index contributed by atoms with van der Waals surface area (Å²) >= 11 is 0. The van der Waals surface area contributed by atoms with Crippen molar-refractivity contribution in [3.8, 4) is 17.2 Å². The highest BCUT2D eigenvalue weighted by Gasteiger charge is 2.31. The molecule has 1 heterocycles. The first kappa shape index (κ1) is 28.4. The predicted molar refractivity (Wildman–Crippen MR) is 149 cm³/mol. The summed E-state index contributed by atoms with van der Waals surface area (Å²) in [5.41, 5.74) is 0.382. The average Bonchev–Trinajstić information content (AvgIpc) is 3.46. The molecule has 4 rings (SSSR count). The lowest BCUT2D eigenvalue weighted by molar-refractivity contribution is -0.116. The summed E-state index contributed by atoms with van der Waals surface area (Å²) in [6.07, 6.45) is 2.59. The number of nitrogens with zero attached hydrogens (tertiary/aromatic N) is 2. The van der Waals surface area contributed by atoms with E-state index in [1.807, 2.05) is 18.2 Å². The molecular formula is C27H31N3O7S2. The number of rotatable bonds is 10. The molecule has 0 aliphatic carbocycles. The first-order valence-corrected chi connectivity index (χ1v) is 15.6. The molecule has 0 bridgehead atoms. The second kappa shape index (κ2) is 11.6. The summed E-state index contributed by atoms with van der Waals surface area (Å²) in [6.45, 7) is 2.32. The maximum atomic E-state index is 13.3. The fraction of sp³-hybridized carbons (Fsp3) is 0.296. The van der Waals surface area contributed by atoms with Crippen LogP contribution in [-0.2, 0) is 24.8 Å². The number of para-hydroxylation sites is 1. The molecule has 208 valence electrons. The first-order valence-electron chi connectivity index (χ1n) is 12.3. The Morgan fingerprint density at radius 2 is 1.54 bits per heavy atom. The Kier molecular flexibility index (Phi) is 8.48. The van der Waals surface area contributed by atoms with Crippen molar-refractivity contribution < 1.29 is 31.1 Å². The Bertz CT molecular complexity index is 1520. The van der Waals surface area contributed by atoms with Crippen LogP contribution in [0.3, 0.4) is 0 Å². The Morgan fingerprint density at radius 1 is 0.923 bits per heavy atom. The van der Waals surface area contributed by atoms with Crippen molar-refractivity contribution in [2.45, 2.75) is 30.7 Å². The van der Waals surface area contributed by atoms with Crippen molar-refractivity contribution in [2.24, 2.45) is 0 Å². The molecule has 3 aromatic rings. The molecule has 0 spiro atoms. The van der Waals surface area contributed by atoms with Gasteiger partial charge in [-0.15, -0.1) is 0 Å². The number of carbonyl (C=O) groups excluding carboxylic acids is 1. The van der Waals surface area contributed by atoms with E-state index in [0.29, 0.717) is 24.6 Å². The Labute approximate surface area is 229 Å². The minimum absolute atomic E-state index is 0.0159. The number of methoxy groups -OCH3 is 1. The van der Waals surface area contributed by atoms with E-state index in [1.54, 1.807) is 36.4 Å². The number of sulfonamides is 2. The van der Waals surface area contributed by atoms with Crippen LogP contribution in [0.15, 0.2) is 77.7 Å². The number of anilines is 2. The second-order valence-corrected chi connectivity index (χ2v) is 12.9. The van der Waals surface area contributed by atoms with Crippen LogP contribution in [0.1, 0.15) is 19.8 Å². The van der Waals surface area contributed by atoms with E-state index in [-0.39, 0.29) is 22.0 Å². The monoisotopic (exact) mass is 573 g/mol. The largest absolute Gasteiger partial charge is 0.495 e. The van der Waals surface area contributed by atoms with Gasteiger partial charge in [0.1, 0.15) is 23.3 Å². The molecular weight excluding hydrogens is 542 g/mol. The van der Waals surface area contributed by atoms with Crippen molar-refractivity contribution in [2.75, 3.05) is 36.1 Å². The van der Waals surface area contributed by atoms with Crippen molar-refractivity contribution in [1.29, 1.82) is 0 Å². The van der Waals surface area contributed by atoms with E-state index in [9.17, 15) is 21.6 Å². The minimum Gasteiger partial charge on any atom is -0.495 e. The van der Waals surface area contributed by atoms with Gasteiger partial charge in [0.2, 0.25) is 26.0 Å². The lowest BCUT2D eigenvalue weighted by Gasteiger charge is -2.28. The van der Waals surface area contributed by atoms with Gasteiger partial charge in [0.25, 0.3) is 0 Å². The lowest BCUT2D eigenvalue weighted by atomic mass is 10.2. The third-order valence-electron chi connectivity index (χ3n) is 6.29. The minimum atomic E-state index is -3.89. The molecule has 10 nitrogen and oxygen atoms in total. The summed E-state index contributed by atoms with van der Waals surface area (Å²) in [7, 11) is -6.24. The van der Waals surface area contributed by atoms with Gasteiger partial charge in [0.15, 0.2) is 0 Å². The standard InChI is InChI=1S/C27H31N3O7S2/c1-20(30(38(3,32)33)21-11-13-23(14-12-21)37-22-9-5-4-6-10-22)27(31)28-25-19-24(15-16-26(25)36-2)39(34,35)29-17-7-8-18-29/h4-6,9-16,19-20H,7-8,17-18H2,1-3H3,(H,28,31)/t20-/m0/s1. The number of amides is 1. The fourth-order valence-electron chi connectivity index (χ4n) is 4.35. The molecule has 0 aromatic heterocycles. The number of hydrogen-bond donors (Lipinski definition) is 1. The Hall–Kier alpha value is -3.61. The highest BCUT2D eigenvalue weighted by molar-refractivity contribution is 7.92. The third-order valence-corrected chi connectivity index (χ3v) is 9.43. The van der Waals surface area contributed by atoms with Crippen molar-refractivity contribution in [3.05, 3.63) is 72.8 Å². The molecule has 12 heteroatoms. The first-order chi connectivity index (χ1) is 18.5. The normalized spacial score (nSPS) is 14.9. The molecule has 3 aromatic carbocycles. The van der Waals surface area contributed by atoms with Gasteiger partial charge in [-0.2, -0.15) is 4.31 Å². The quantitative estimate of drug-likeness (QED) is 0.388. The molecule has 0 saturated carbocycles. The molecule has 1 fully saturated rings. The molecule has 1 aliphatic rings. The van der Waals surface area contributed by atoms with Crippen molar-refractivity contribution >= 4 is 37.3 Å². The van der Waals surface area contributed by atoms with Gasteiger partial charge in [-0.1, -0.05) is 18.2 Å². The highest BCUT2D eigenvalue weighted by Crippen LogP contribution is 2.31. The van der Waals surface area contributed by atoms with Gasteiger partial charge in [-0.3, -0.25) is 9.10 Å². The molecule has 1 atom stereocenters. The number of ether oxygens (including phenoxy) is 2. The van der Waals surface area contributed by atoms with Crippen LogP contribution in [-0.4, -0.2) is 59.5 Å². The summed E-state index contributed by atoms with van der Waals surface area (Å²) in [6, 6.07) is 18.5.